The largest absolute Gasteiger partial charge is 0.496 e. The summed E-state index contributed by atoms with van der Waals surface area (Å²) >= 11 is 6.09. The van der Waals surface area contributed by atoms with E-state index in [0.717, 1.165) is 11.1 Å². The van der Waals surface area contributed by atoms with E-state index in [1.54, 1.807) is 44.1 Å². The van der Waals surface area contributed by atoms with Crippen LogP contribution in [0.1, 0.15) is 27.2 Å². The topological polar surface area (TPSA) is 96.5 Å². The Morgan fingerprint density at radius 1 is 1.26 bits per heavy atom. The molecule has 1 heterocycles. The molecule has 160 valence electrons. The van der Waals surface area contributed by atoms with Gasteiger partial charge in [-0.15, -0.1) is 0 Å². The normalized spacial score (nSPS) is 11.0. The fraction of sp³-hybridized carbons (Fsp3) is 0.182. The fourth-order valence-electron chi connectivity index (χ4n) is 2.99. The lowest BCUT2D eigenvalue weighted by atomic mass is 10.1. The first-order chi connectivity index (χ1) is 14.8. The minimum atomic E-state index is -0.525. The van der Waals surface area contributed by atoms with Crippen molar-refractivity contribution in [1.29, 1.82) is 0 Å². The summed E-state index contributed by atoms with van der Waals surface area (Å²) in [6.45, 7) is 1.91. The molecule has 1 aromatic heterocycles. The van der Waals surface area contributed by atoms with Crippen LogP contribution < -0.4 is 9.47 Å². The predicted molar refractivity (Wildman–Crippen MR) is 117 cm³/mol. The number of benzene rings is 2. The lowest BCUT2D eigenvalue weighted by molar-refractivity contribution is -0.384. The van der Waals surface area contributed by atoms with Crippen molar-refractivity contribution in [2.75, 3.05) is 7.11 Å². The minimum absolute atomic E-state index is 0.115. The van der Waals surface area contributed by atoms with Gasteiger partial charge in [-0.05, 0) is 36.8 Å². The minimum Gasteiger partial charge on any atom is -0.496 e. The van der Waals surface area contributed by atoms with Crippen molar-refractivity contribution in [3.05, 3.63) is 86.2 Å². The molecule has 9 heteroatoms. The maximum absolute atomic E-state index is 12.4. The highest BCUT2D eigenvalue weighted by Crippen LogP contribution is 2.30. The number of aromatic nitrogens is 2. The van der Waals surface area contributed by atoms with Crippen LogP contribution in [0.2, 0.25) is 5.02 Å². The molecule has 0 unspecified atom stereocenters. The molecule has 2 aromatic carbocycles. The molecule has 0 N–H and O–H groups in total. The van der Waals surface area contributed by atoms with Gasteiger partial charge in [0, 0.05) is 30.9 Å². The van der Waals surface area contributed by atoms with Crippen molar-refractivity contribution in [2.24, 2.45) is 7.05 Å². The molecule has 0 bridgehead atoms. The van der Waals surface area contributed by atoms with Crippen LogP contribution in [0.25, 0.3) is 6.08 Å². The van der Waals surface area contributed by atoms with Gasteiger partial charge in [0.05, 0.1) is 28.3 Å². The smallest absolute Gasteiger partial charge is 0.271 e. The number of carbonyl (C=O) groups is 1. The van der Waals surface area contributed by atoms with E-state index in [-0.39, 0.29) is 23.1 Å². The molecule has 8 nitrogen and oxygen atoms in total. The Kier molecular flexibility index (Phi) is 6.71. The molecule has 31 heavy (non-hydrogen) atoms. The summed E-state index contributed by atoms with van der Waals surface area (Å²) < 4.78 is 12.7. The van der Waals surface area contributed by atoms with Gasteiger partial charge in [-0.1, -0.05) is 23.7 Å². The van der Waals surface area contributed by atoms with Gasteiger partial charge in [0.1, 0.15) is 18.1 Å². The zero-order valence-electron chi connectivity index (χ0n) is 17.2. The number of rotatable bonds is 8. The Hall–Kier alpha value is -3.65. The van der Waals surface area contributed by atoms with E-state index in [4.69, 9.17) is 21.1 Å². The molecule has 0 amide bonds. The summed E-state index contributed by atoms with van der Waals surface area (Å²) in [5.41, 5.74) is 2.60. The monoisotopic (exact) mass is 441 g/mol. The van der Waals surface area contributed by atoms with Gasteiger partial charge in [-0.2, -0.15) is 5.10 Å². The molecule has 0 saturated carbocycles. The van der Waals surface area contributed by atoms with Crippen LogP contribution >= 0.6 is 11.6 Å². The second-order valence-corrected chi connectivity index (χ2v) is 7.14. The molecule has 3 rings (SSSR count). The maximum Gasteiger partial charge on any atom is 0.271 e. The summed E-state index contributed by atoms with van der Waals surface area (Å²) in [4.78, 5) is 22.7. The number of carbonyl (C=O) groups excluding carboxylic acids is 1. The highest BCUT2D eigenvalue weighted by molar-refractivity contribution is 6.32. The third kappa shape index (κ3) is 5.29. The van der Waals surface area contributed by atoms with Crippen LogP contribution in [0.4, 0.5) is 5.69 Å². The molecule has 0 fully saturated rings. The number of allylic oxidation sites excluding steroid dienone is 1. The van der Waals surface area contributed by atoms with Crippen LogP contribution in [0.5, 0.6) is 11.5 Å². The number of ether oxygens (including phenoxy) is 2. The first-order valence-corrected chi connectivity index (χ1v) is 9.62. The first-order valence-electron chi connectivity index (χ1n) is 9.25. The van der Waals surface area contributed by atoms with E-state index in [0.29, 0.717) is 22.8 Å². The van der Waals surface area contributed by atoms with Gasteiger partial charge in [-0.25, -0.2) is 0 Å². The molecule has 0 aliphatic carbocycles. The third-order valence-corrected chi connectivity index (χ3v) is 4.82. The number of methoxy groups -OCH3 is 1. The fourth-order valence-corrected chi connectivity index (χ4v) is 3.22. The maximum atomic E-state index is 12.4. The average molecular weight is 442 g/mol. The lowest BCUT2D eigenvalue weighted by Crippen LogP contribution is -2.00. The molecule has 0 saturated heterocycles. The summed E-state index contributed by atoms with van der Waals surface area (Å²) in [6, 6.07) is 9.43. The van der Waals surface area contributed by atoms with Gasteiger partial charge in [0.25, 0.3) is 5.69 Å². The van der Waals surface area contributed by atoms with Crippen LogP contribution in [0.15, 0.2) is 48.7 Å². The molecule has 0 atom stereocenters. The number of nitro groups is 1. The van der Waals surface area contributed by atoms with Gasteiger partial charge in [0.2, 0.25) is 0 Å². The number of aryl methyl sites for hydroxylation is 2. The van der Waals surface area contributed by atoms with Crippen molar-refractivity contribution >= 4 is 29.1 Å². The summed E-state index contributed by atoms with van der Waals surface area (Å²) in [6.07, 6.45) is 4.88. The zero-order valence-corrected chi connectivity index (χ0v) is 17.9. The Morgan fingerprint density at radius 3 is 2.61 bits per heavy atom. The predicted octanol–water partition coefficient (Wildman–Crippen LogP) is 4.77. The van der Waals surface area contributed by atoms with Crippen LogP contribution in [0, 0.1) is 17.0 Å². The average Bonchev–Trinajstić information content (AvgIpc) is 3.09. The second kappa shape index (κ2) is 9.44. The van der Waals surface area contributed by atoms with Crippen molar-refractivity contribution in [3.63, 3.8) is 0 Å². The molecule has 3 aromatic rings. The van der Waals surface area contributed by atoms with E-state index < -0.39 is 4.92 Å². The third-order valence-electron chi connectivity index (χ3n) is 4.52. The number of hydrogen-bond acceptors (Lipinski definition) is 6. The van der Waals surface area contributed by atoms with Gasteiger partial charge >= 0.3 is 0 Å². The Morgan fingerprint density at radius 2 is 2.00 bits per heavy atom. The Labute approximate surface area is 183 Å². The van der Waals surface area contributed by atoms with Crippen molar-refractivity contribution in [3.8, 4) is 11.5 Å². The van der Waals surface area contributed by atoms with E-state index >= 15 is 0 Å². The first kappa shape index (κ1) is 22.0. The van der Waals surface area contributed by atoms with E-state index in [9.17, 15) is 14.9 Å². The van der Waals surface area contributed by atoms with Crippen molar-refractivity contribution in [2.45, 2.75) is 13.5 Å². The standard InChI is InChI=1S/C22H20ClN3O5/c1-14-18(12-25(2)24-14)20(27)7-4-15-5-8-21(30-3)16(10-15)13-31-22-9-6-17(26(28)29)11-19(22)23/h4-12H,13H2,1-3H3/b7-4+. The number of non-ortho nitro benzene ring substituents is 1. The summed E-state index contributed by atoms with van der Waals surface area (Å²) in [7, 11) is 3.31. The molecular weight excluding hydrogens is 422 g/mol. The van der Waals surface area contributed by atoms with Crippen molar-refractivity contribution in [1.82, 2.24) is 9.78 Å². The number of halogens is 1. The van der Waals surface area contributed by atoms with Crippen LogP contribution in [-0.2, 0) is 13.7 Å². The molecule has 0 aliphatic heterocycles. The number of nitro benzene ring substituents is 1. The summed E-state index contributed by atoms with van der Waals surface area (Å²) in [5, 5.41) is 15.2. The second-order valence-electron chi connectivity index (χ2n) is 6.73. The van der Waals surface area contributed by atoms with E-state index in [1.165, 1.54) is 24.3 Å². The molecule has 0 aliphatic rings. The highest BCUT2D eigenvalue weighted by atomic mass is 35.5. The van der Waals surface area contributed by atoms with Gasteiger partial charge in [0.15, 0.2) is 5.78 Å². The number of nitrogens with zero attached hydrogens (tertiary/aromatic N) is 3. The van der Waals surface area contributed by atoms with E-state index in [2.05, 4.69) is 5.10 Å². The summed E-state index contributed by atoms with van der Waals surface area (Å²) in [5.74, 6) is 0.777. The van der Waals surface area contributed by atoms with Crippen LogP contribution in [0.3, 0.4) is 0 Å². The number of ketones is 1. The number of hydrogen-bond donors (Lipinski definition) is 0. The molecule has 0 radical (unpaired) electrons. The lowest BCUT2D eigenvalue weighted by Gasteiger charge is -2.12. The Balaban J connectivity index is 1.77. The quantitative estimate of drug-likeness (QED) is 0.216. The Bertz CT molecular complexity index is 1170. The van der Waals surface area contributed by atoms with Crippen molar-refractivity contribution < 1.29 is 19.2 Å². The SMILES string of the molecule is COc1ccc(/C=C/C(=O)c2cn(C)nc2C)cc1COc1ccc([N+](=O)[O-])cc1Cl. The zero-order chi connectivity index (χ0) is 22.5. The molecule has 0 spiro atoms. The van der Waals surface area contributed by atoms with Crippen LogP contribution in [-0.4, -0.2) is 27.6 Å². The highest BCUT2D eigenvalue weighted by Gasteiger charge is 2.12. The van der Waals surface area contributed by atoms with E-state index in [1.807, 2.05) is 12.1 Å². The van der Waals surface area contributed by atoms with Gasteiger partial charge in [-0.3, -0.25) is 19.6 Å². The molecular formula is C22H20ClN3O5. The van der Waals surface area contributed by atoms with Gasteiger partial charge < -0.3 is 9.47 Å².